The molecule has 0 aliphatic carbocycles. The molecule has 0 aromatic heterocycles. The summed E-state index contributed by atoms with van der Waals surface area (Å²) in [7, 11) is 0. The van der Waals surface area contributed by atoms with Gasteiger partial charge in [-0.05, 0) is 38.5 Å². The molecule has 0 aliphatic rings. The fourth-order valence-electron chi connectivity index (χ4n) is 1.35. The summed E-state index contributed by atoms with van der Waals surface area (Å²) in [5, 5.41) is 18.6. The highest BCUT2D eigenvalue weighted by atomic mass is 16.7. The number of rotatable bonds is 4. The van der Waals surface area contributed by atoms with Crippen LogP contribution in [0.25, 0.3) is 0 Å². The van der Waals surface area contributed by atoms with Gasteiger partial charge < -0.3 is 14.9 Å². The first-order valence-corrected chi connectivity index (χ1v) is 5.86. The quantitative estimate of drug-likeness (QED) is 0.726. The third kappa shape index (κ3) is 5.58. The van der Waals surface area contributed by atoms with Gasteiger partial charge in [-0.25, -0.2) is 4.79 Å². The first kappa shape index (κ1) is 15.3. The van der Waals surface area contributed by atoms with Gasteiger partial charge in [-0.3, -0.25) is 4.84 Å². The minimum absolute atomic E-state index is 0.0526. The van der Waals surface area contributed by atoms with Crippen molar-refractivity contribution in [1.82, 2.24) is 5.48 Å². The molecule has 1 amide bonds. The maximum absolute atomic E-state index is 11.4. The summed E-state index contributed by atoms with van der Waals surface area (Å²) in [5.41, 5.74) is 2.01. The van der Waals surface area contributed by atoms with E-state index in [0.717, 1.165) is 0 Å². The van der Waals surface area contributed by atoms with Crippen molar-refractivity contribution in [3.8, 4) is 5.75 Å². The Labute approximate surface area is 111 Å². The van der Waals surface area contributed by atoms with Crippen LogP contribution >= 0.6 is 0 Å². The van der Waals surface area contributed by atoms with Crippen molar-refractivity contribution in [3.63, 3.8) is 0 Å². The summed E-state index contributed by atoms with van der Waals surface area (Å²) in [5.74, 6) is 0.0526. The van der Waals surface area contributed by atoms with Crippen molar-refractivity contribution >= 4 is 6.09 Å². The Bertz CT molecular complexity index is 427. The monoisotopic (exact) mass is 269 g/mol. The van der Waals surface area contributed by atoms with Crippen molar-refractivity contribution < 1.29 is 24.6 Å². The number of carbonyl (C=O) groups is 1. The van der Waals surface area contributed by atoms with Crippen LogP contribution in [-0.2, 0) is 9.57 Å². The predicted octanol–water partition coefficient (Wildman–Crippen LogP) is 1.88. The molecule has 1 atom stereocenters. The fourth-order valence-corrected chi connectivity index (χ4v) is 1.35. The van der Waals surface area contributed by atoms with Crippen molar-refractivity contribution in [2.45, 2.75) is 32.5 Å². The summed E-state index contributed by atoms with van der Waals surface area (Å²) < 4.78 is 4.99. The number of aliphatic hydroxyl groups is 1. The van der Waals surface area contributed by atoms with Gasteiger partial charge in [-0.15, -0.1) is 0 Å². The van der Waals surface area contributed by atoms with Crippen LogP contribution in [0.2, 0.25) is 0 Å². The zero-order chi connectivity index (χ0) is 14.5. The van der Waals surface area contributed by atoms with Gasteiger partial charge in [0.05, 0.1) is 6.61 Å². The lowest BCUT2D eigenvalue weighted by Gasteiger charge is -2.21. The van der Waals surface area contributed by atoms with E-state index in [0.29, 0.717) is 5.56 Å². The van der Waals surface area contributed by atoms with Gasteiger partial charge in [0.2, 0.25) is 0 Å². The molecular formula is C13H19NO5. The molecule has 1 unspecified atom stereocenters. The largest absolute Gasteiger partial charge is 0.508 e. The molecule has 3 N–H and O–H groups in total. The summed E-state index contributed by atoms with van der Waals surface area (Å²) in [6.45, 7) is 4.83. The molecule has 1 aromatic carbocycles. The topological polar surface area (TPSA) is 88.0 Å². The minimum Gasteiger partial charge on any atom is -0.508 e. The van der Waals surface area contributed by atoms with Gasteiger partial charge in [0, 0.05) is 0 Å². The molecule has 0 radical (unpaired) electrons. The first-order chi connectivity index (χ1) is 8.81. The average Bonchev–Trinajstić information content (AvgIpc) is 2.27. The van der Waals surface area contributed by atoms with E-state index in [2.05, 4.69) is 5.48 Å². The Balaban J connectivity index is 2.56. The molecular weight excluding hydrogens is 250 g/mol. The SMILES string of the molecule is CC(C)(C)OC(=O)NOC(CO)c1cccc(O)c1. The predicted molar refractivity (Wildman–Crippen MR) is 68.4 cm³/mol. The van der Waals surface area contributed by atoms with E-state index in [9.17, 15) is 15.0 Å². The molecule has 19 heavy (non-hydrogen) atoms. The smallest absolute Gasteiger partial charge is 0.431 e. The summed E-state index contributed by atoms with van der Waals surface area (Å²) in [4.78, 5) is 16.4. The molecule has 0 spiro atoms. The van der Waals surface area contributed by atoms with Gasteiger partial charge in [-0.2, -0.15) is 5.48 Å². The number of hydrogen-bond donors (Lipinski definition) is 3. The van der Waals surface area contributed by atoms with E-state index in [1.807, 2.05) is 0 Å². The van der Waals surface area contributed by atoms with Crippen LogP contribution in [0.4, 0.5) is 4.79 Å². The third-order valence-corrected chi connectivity index (χ3v) is 2.09. The van der Waals surface area contributed by atoms with E-state index in [4.69, 9.17) is 9.57 Å². The van der Waals surface area contributed by atoms with Crippen molar-refractivity contribution in [2.75, 3.05) is 6.61 Å². The maximum Gasteiger partial charge on any atom is 0.431 e. The molecule has 0 aliphatic heterocycles. The van der Waals surface area contributed by atoms with Crippen molar-refractivity contribution in [1.29, 1.82) is 0 Å². The van der Waals surface area contributed by atoms with E-state index in [1.165, 1.54) is 12.1 Å². The minimum atomic E-state index is -0.778. The van der Waals surface area contributed by atoms with E-state index >= 15 is 0 Å². The number of ether oxygens (including phenoxy) is 1. The highest BCUT2D eigenvalue weighted by molar-refractivity contribution is 5.66. The molecule has 0 fully saturated rings. The number of hydroxylamine groups is 1. The molecule has 0 saturated carbocycles. The molecule has 6 nitrogen and oxygen atoms in total. The second-order valence-corrected chi connectivity index (χ2v) is 4.99. The number of phenols is 1. The lowest BCUT2D eigenvalue weighted by atomic mass is 10.1. The number of nitrogens with one attached hydrogen (secondary N) is 1. The highest BCUT2D eigenvalue weighted by Crippen LogP contribution is 2.20. The molecule has 0 heterocycles. The van der Waals surface area contributed by atoms with Crippen molar-refractivity contribution in [2.24, 2.45) is 0 Å². The van der Waals surface area contributed by atoms with Crippen LogP contribution in [0.1, 0.15) is 32.4 Å². The second kappa shape index (κ2) is 6.40. The standard InChI is InChI=1S/C13H19NO5/c1-13(2,3)18-12(17)14-19-11(8-15)9-5-4-6-10(16)7-9/h4-7,11,15-16H,8H2,1-3H3,(H,14,17). The zero-order valence-corrected chi connectivity index (χ0v) is 11.2. The zero-order valence-electron chi connectivity index (χ0n) is 11.2. The van der Waals surface area contributed by atoms with Gasteiger partial charge in [0.1, 0.15) is 17.5 Å². The molecule has 0 bridgehead atoms. The number of aromatic hydroxyl groups is 1. The Morgan fingerprint density at radius 3 is 2.63 bits per heavy atom. The summed E-state index contributed by atoms with van der Waals surface area (Å²) in [6.07, 6.45) is -1.52. The first-order valence-electron chi connectivity index (χ1n) is 5.86. The Kier molecular flexibility index (Phi) is 5.14. The number of amides is 1. The number of carbonyl (C=O) groups excluding carboxylic acids is 1. The Morgan fingerprint density at radius 2 is 2.11 bits per heavy atom. The van der Waals surface area contributed by atoms with E-state index < -0.39 is 17.8 Å². The molecule has 106 valence electrons. The van der Waals surface area contributed by atoms with Gasteiger partial charge in [0.25, 0.3) is 0 Å². The maximum atomic E-state index is 11.4. The number of phenolic OH excluding ortho intramolecular Hbond substituents is 1. The van der Waals surface area contributed by atoms with Crippen LogP contribution in [0, 0.1) is 0 Å². The number of aliphatic hydroxyl groups excluding tert-OH is 1. The summed E-state index contributed by atoms with van der Waals surface area (Å²) >= 11 is 0. The second-order valence-electron chi connectivity index (χ2n) is 4.99. The van der Waals surface area contributed by atoms with Crippen LogP contribution in [0.3, 0.4) is 0 Å². The summed E-state index contributed by atoms with van der Waals surface area (Å²) in [6, 6.07) is 6.22. The van der Waals surface area contributed by atoms with Crippen LogP contribution in [0.5, 0.6) is 5.75 Å². The molecule has 0 saturated heterocycles. The number of hydrogen-bond acceptors (Lipinski definition) is 5. The molecule has 6 heteroatoms. The molecule has 1 aromatic rings. The van der Waals surface area contributed by atoms with E-state index in [-0.39, 0.29) is 12.4 Å². The van der Waals surface area contributed by atoms with Gasteiger partial charge >= 0.3 is 6.09 Å². The normalized spacial score (nSPS) is 12.8. The third-order valence-electron chi connectivity index (χ3n) is 2.09. The fraction of sp³-hybridized carbons (Fsp3) is 0.462. The Hall–Kier alpha value is -1.79. The van der Waals surface area contributed by atoms with Crippen LogP contribution in [-0.4, -0.2) is 28.5 Å². The van der Waals surface area contributed by atoms with Crippen LogP contribution in [0.15, 0.2) is 24.3 Å². The average molecular weight is 269 g/mol. The Morgan fingerprint density at radius 1 is 1.42 bits per heavy atom. The molecule has 1 rings (SSSR count). The van der Waals surface area contributed by atoms with E-state index in [1.54, 1.807) is 32.9 Å². The lowest BCUT2D eigenvalue weighted by molar-refractivity contribution is -0.0611. The van der Waals surface area contributed by atoms with Crippen molar-refractivity contribution in [3.05, 3.63) is 29.8 Å². The number of benzene rings is 1. The van der Waals surface area contributed by atoms with Crippen LogP contribution < -0.4 is 5.48 Å². The van der Waals surface area contributed by atoms with Gasteiger partial charge in [-0.1, -0.05) is 12.1 Å². The highest BCUT2D eigenvalue weighted by Gasteiger charge is 2.18. The lowest BCUT2D eigenvalue weighted by Crippen LogP contribution is -2.34. The van der Waals surface area contributed by atoms with Gasteiger partial charge in [0.15, 0.2) is 0 Å².